The first-order valence-electron chi connectivity index (χ1n) is 11.6. The molecule has 5 heteroatoms. The standard InChI is InChI=1S/C25H40O4S/c1-16(30-15-25(2,3)29)19-9-10-20-18(5-4-6-21(19)20)8-7-17-13-23(27)22(11-12-26)24(28)14-17/h7-8,11,16,19-21,23-24,26-29H,4-6,9-10,12-15H2,1-3H3/b17-7?,18-8+,22-11?/t16-,19+,20-,21+,23+,24+/m0/s1. The first kappa shape index (κ1) is 24.1. The summed E-state index contributed by atoms with van der Waals surface area (Å²) < 4.78 is 0. The summed E-state index contributed by atoms with van der Waals surface area (Å²) in [6.07, 6.45) is 11.9. The molecule has 0 radical (unpaired) electrons. The summed E-state index contributed by atoms with van der Waals surface area (Å²) >= 11 is 1.92. The number of rotatable bonds is 6. The molecule has 3 aliphatic rings. The Balaban J connectivity index is 1.65. The number of aliphatic hydroxyl groups excluding tert-OH is 3. The third kappa shape index (κ3) is 6.01. The van der Waals surface area contributed by atoms with Crippen LogP contribution in [0.25, 0.3) is 0 Å². The average Bonchev–Trinajstić information content (AvgIpc) is 3.11. The van der Waals surface area contributed by atoms with Gasteiger partial charge in [-0.25, -0.2) is 0 Å². The predicted molar refractivity (Wildman–Crippen MR) is 124 cm³/mol. The van der Waals surface area contributed by atoms with E-state index in [1.807, 2.05) is 25.6 Å². The first-order chi connectivity index (χ1) is 14.2. The Morgan fingerprint density at radius 1 is 1.10 bits per heavy atom. The van der Waals surface area contributed by atoms with Crippen molar-refractivity contribution in [1.29, 1.82) is 0 Å². The van der Waals surface area contributed by atoms with E-state index < -0.39 is 17.8 Å². The van der Waals surface area contributed by atoms with Crippen LogP contribution in [0.4, 0.5) is 0 Å². The minimum absolute atomic E-state index is 0.150. The van der Waals surface area contributed by atoms with Crippen LogP contribution in [0.1, 0.15) is 65.7 Å². The van der Waals surface area contributed by atoms with Gasteiger partial charge in [0, 0.05) is 11.0 Å². The summed E-state index contributed by atoms with van der Waals surface area (Å²) in [5.41, 5.74) is 2.57. The molecule has 0 unspecified atom stereocenters. The van der Waals surface area contributed by atoms with Crippen LogP contribution in [0.5, 0.6) is 0 Å². The minimum Gasteiger partial charge on any atom is -0.392 e. The molecule has 0 bridgehead atoms. The number of aliphatic hydroxyl groups is 4. The Labute approximate surface area is 186 Å². The van der Waals surface area contributed by atoms with Gasteiger partial charge in [0.1, 0.15) is 0 Å². The van der Waals surface area contributed by atoms with Crippen LogP contribution in [0.3, 0.4) is 0 Å². The zero-order valence-corrected chi connectivity index (χ0v) is 19.6. The highest BCUT2D eigenvalue weighted by molar-refractivity contribution is 7.99. The maximum Gasteiger partial charge on any atom is 0.0813 e. The number of fused-ring (bicyclic) bond motifs is 1. The molecule has 3 aliphatic carbocycles. The maximum atomic E-state index is 10.3. The molecule has 0 saturated heterocycles. The lowest BCUT2D eigenvalue weighted by atomic mass is 9.74. The Morgan fingerprint density at radius 2 is 1.80 bits per heavy atom. The maximum absolute atomic E-state index is 10.3. The van der Waals surface area contributed by atoms with Crippen molar-refractivity contribution < 1.29 is 20.4 Å². The highest BCUT2D eigenvalue weighted by atomic mass is 32.2. The van der Waals surface area contributed by atoms with Crippen LogP contribution in [0, 0.1) is 17.8 Å². The normalized spacial score (nSPS) is 34.8. The Bertz CT molecular complexity index is 659. The van der Waals surface area contributed by atoms with Crippen LogP contribution >= 0.6 is 11.8 Å². The molecule has 30 heavy (non-hydrogen) atoms. The van der Waals surface area contributed by atoms with Gasteiger partial charge in [0.2, 0.25) is 0 Å². The third-order valence-electron chi connectivity index (χ3n) is 7.20. The van der Waals surface area contributed by atoms with Gasteiger partial charge < -0.3 is 20.4 Å². The van der Waals surface area contributed by atoms with E-state index in [4.69, 9.17) is 5.11 Å². The molecule has 0 aliphatic heterocycles. The van der Waals surface area contributed by atoms with Crippen molar-refractivity contribution in [2.75, 3.05) is 12.4 Å². The largest absolute Gasteiger partial charge is 0.392 e. The SMILES string of the molecule is C[C@H](SCC(C)(C)O)[C@H]1CC[C@H]2/C(=C/C=C3C[C@@H](O)C(=CCO)[C@H](O)C3)CCC[C@H]12. The second-order valence-electron chi connectivity index (χ2n) is 10.1. The van der Waals surface area contributed by atoms with Gasteiger partial charge in [-0.05, 0) is 82.1 Å². The lowest BCUT2D eigenvalue weighted by molar-refractivity contribution is 0.106. The topological polar surface area (TPSA) is 80.9 Å². The van der Waals surface area contributed by atoms with Crippen LogP contribution < -0.4 is 0 Å². The van der Waals surface area contributed by atoms with Gasteiger partial charge in [0.25, 0.3) is 0 Å². The van der Waals surface area contributed by atoms with Gasteiger partial charge in [0.15, 0.2) is 0 Å². The molecule has 3 saturated carbocycles. The second-order valence-corrected chi connectivity index (χ2v) is 11.5. The van der Waals surface area contributed by atoms with E-state index in [-0.39, 0.29) is 6.61 Å². The Morgan fingerprint density at radius 3 is 2.43 bits per heavy atom. The lowest BCUT2D eigenvalue weighted by Gasteiger charge is -2.34. The quantitative estimate of drug-likeness (QED) is 0.473. The molecule has 3 rings (SSSR count). The molecule has 0 spiro atoms. The third-order valence-corrected chi connectivity index (χ3v) is 8.95. The van der Waals surface area contributed by atoms with Crippen LogP contribution in [0.15, 0.2) is 34.9 Å². The summed E-state index contributed by atoms with van der Waals surface area (Å²) in [7, 11) is 0. The minimum atomic E-state index is -0.700. The molecule has 0 amide bonds. The number of allylic oxidation sites excluding steroid dienone is 3. The van der Waals surface area contributed by atoms with E-state index >= 15 is 0 Å². The predicted octanol–water partition coefficient (Wildman–Crippen LogP) is 3.99. The number of thioether (sulfide) groups is 1. The van der Waals surface area contributed by atoms with Crippen molar-refractivity contribution in [2.24, 2.45) is 17.8 Å². The molecular weight excluding hydrogens is 396 g/mol. The number of hydrogen-bond donors (Lipinski definition) is 4. The Hall–Kier alpha value is -0.590. The van der Waals surface area contributed by atoms with E-state index in [1.54, 1.807) is 5.57 Å². The van der Waals surface area contributed by atoms with Crippen LogP contribution in [-0.2, 0) is 0 Å². The summed E-state index contributed by atoms with van der Waals surface area (Å²) in [6, 6.07) is 0. The average molecular weight is 437 g/mol. The molecule has 4 N–H and O–H groups in total. The van der Waals surface area contributed by atoms with Crippen molar-refractivity contribution in [3.05, 3.63) is 34.9 Å². The number of hydrogen-bond acceptors (Lipinski definition) is 5. The van der Waals surface area contributed by atoms with Gasteiger partial charge in [-0.15, -0.1) is 0 Å². The summed E-state index contributed by atoms with van der Waals surface area (Å²) in [6.45, 7) is 5.97. The monoisotopic (exact) mass is 436 g/mol. The molecule has 0 aromatic carbocycles. The summed E-state index contributed by atoms with van der Waals surface area (Å²) in [4.78, 5) is 0. The molecule has 6 atom stereocenters. The van der Waals surface area contributed by atoms with Gasteiger partial charge in [-0.3, -0.25) is 0 Å². The fourth-order valence-electron chi connectivity index (χ4n) is 5.73. The van der Waals surface area contributed by atoms with Crippen molar-refractivity contribution >= 4 is 11.8 Å². The molecule has 0 aromatic rings. The first-order valence-corrected chi connectivity index (χ1v) is 12.6. The molecule has 0 heterocycles. The van der Waals surface area contributed by atoms with E-state index in [0.717, 1.165) is 29.6 Å². The van der Waals surface area contributed by atoms with E-state index in [9.17, 15) is 15.3 Å². The van der Waals surface area contributed by atoms with Gasteiger partial charge in [-0.1, -0.05) is 36.3 Å². The van der Waals surface area contributed by atoms with Gasteiger partial charge in [0.05, 0.1) is 24.4 Å². The highest BCUT2D eigenvalue weighted by Gasteiger charge is 2.42. The van der Waals surface area contributed by atoms with Crippen LogP contribution in [0.2, 0.25) is 0 Å². The van der Waals surface area contributed by atoms with Crippen LogP contribution in [-0.4, -0.2) is 55.8 Å². The van der Waals surface area contributed by atoms with Crippen molar-refractivity contribution in [3.8, 4) is 0 Å². The zero-order valence-electron chi connectivity index (χ0n) is 18.8. The second kappa shape index (κ2) is 10.4. The van der Waals surface area contributed by atoms with Gasteiger partial charge >= 0.3 is 0 Å². The fourth-order valence-corrected chi connectivity index (χ4v) is 6.98. The highest BCUT2D eigenvalue weighted by Crippen LogP contribution is 2.51. The van der Waals surface area contributed by atoms with E-state index in [1.165, 1.54) is 31.8 Å². The fraction of sp³-hybridized carbons (Fsp3) is 0.760. The van der Waals surface area contributed by atoms with Crippen molar-refractivity contribution in [1.82, 2.24) is 0 Å². The molecule has 3 fully saturated rings. The molecule has 0 aromatic heterocycles. The van der Waals surface area contributed by atoms with Gasteiger partial charge in [-0.2, -0.15) is 11.8 Å². The van der Waals surface area contributed by atoms with E-state index in [0.29, 0.717) is 29.6 Å². The molecular formula is C25H40O4S. The van der Waals surface area contributed by atoms with E-state index in [2.05, 4.69) is 19.1 Å². The van der Waals surface area contributed by atoms with Crippen molar-refractivity contribution in [3.63, 3.8) is 0 Å². The summed E-state index contributed by atoms with van der Waals surface area (Å²) in [5.74, 6) is 2.92. The van der Waals surface area contributed by atoms with Crippen molar-refractivity contribution in [2.45, 2.75) is 88.8 Å². The zero-order chi connectivity index (χ0) is 21.9. The molecule has 4 nitrogen and oxygen atoms in total. The summed E-state index contributed by atoms with van der Waals surface area (Å²) in [5, 5.41) is 40.3. The molecule has 170 valence electrons. The Kier molecular flexibility index (Phi) is 8.30. The lowest BCUT2D eigenvalue weighted by Crippen LogP contribution is -2.29. The smallest absolute Gasteiger partial charge is 0.0813 e.